The van der Waals surface area contributed by atoms with Crippen molar-refractivity contribution in [3.05, 3.63) is 35.4 Å². The zero-order valence-corrected chi connectivity index (χ0v) is 10.6. The number of carbonyl (C=O) groups is 1. The molecule has 1 aliphatic carbocycles. The maximum Gasteiger partial charge on any atom is 0.237 e. The van der Waals surface area contributed by atoms with Crippen molar-refractivity contribution in [1.82, 2.24) is 10.6 Å². The minimum absolute atomic E-state index is 0.0380. The third-order valence-corrected chi connectivity index (χ3v) is 3.29. The molecule has 1 aliphatic rings. The van der Waals surface area contributed by atoms with Gasteiger partial charge < -0.3 is 10.6 Å². The van der Waals surface area contributed by atoms with Crippen LogP contribution >= 0.6 is 0 Å². The van der Waals surface area contributed by atoms with Crippen LogP contribution in [0.5, 0.6) is 0 Å². The van der Waals surface area contributed by atoms with Crippen molar-refractivity contribution in [2.45, 2.75) is 31.8 Å². The van der Waals surface area contributed by atoms with Gasteiger partial charge in [-0.25, -0.2) is 0 Å². The Hall–Kier alpha value is -1.79. The first-order valence-electron chi connectivity index (χ1n) is 6.24. The minimum atomic E-state index is -0.210. The highest BCUT2D eigenvalue weighted by Crippen LogP contribution is 2.21. The predicted octanol–water partition coefficient (Wildman–Crippen LogP) is 0.881. The monoisotopic (exact) mass is 242 g/mol. The van der Waals surface area contributed by atoms with Gasteiger partial charge in [-0.15, -0.1) is 6.42 Å². The maximum absolute atomic E-state index is 11.7. The van der Waals surface area contributed by atoms with Crippen molar-refractivity contribution >= 4 is 5.91 Å². The van der Waals surface area contributed by atoms with E-state index in [2.05, 4.69) is 40.8 Å². The number of nitrogens with one attached hydrogen (secondary N) is 2. The number of hydrogen-bond donors (Lipinski definition) is 2. The van der Waals surface area contributed by atoms with Crippen LogP contribution in [0.1, 0.15) is 18.1 Å². The average molecular weight is 242 g/mol. The molecule has 18 heavy (non-hydrogen) atoms. The van der Waals surface area contributed by atoms with Crippen LogP contribution in [0.3, 0.4) is 0 Å². The van der Waals surface area contributed by atoms with E-state index < -0.39 is 0 Å². The SMILES string of the molecule is C#CCNC(=O)C(C)NC1Cc2ccccc2C1. The third-order valence-electron chi connectivity index (χ3n) is 3.29. The average Bonchev–Trinajstić information content (AvgIpc) is 2.77. The molecule has 0 saturated heterocycles. The fourth-order valence-corrected chi connectivity index (χ4v) is 2.40. The van der Waals surface area contributed by atoms with E-state index in [4.69, 9.17) is 6.42 Å². The van der Waals surface area contributed by atoms with Gasteiger partial charge in [0.05, 0.1) is 12.6 Å². The largest absolute Gasteiger partial charge is 0.344 e. The van der Waals surface area contributed by atoms with Crippen LogP contribution in [-0.4, -0.2) is 24.5 Å². The molecule has 1 aromatic carbocycles. The molecule has 94 valence electrons. The zero-order valence-electron chi connectivity index (χ0n) is 10.6. The summed E-state index contributed by atoms with van der Waals surface area (Å²) in [7, 11) is 0. The van der Waals surface area contributed by atoms with Gasteiger partial charge in [-0.2, -0.15) is 0 Å². The number of carbonyl (C=O) groups excluding carboxylic acids is 1. The second-order valence-electron chi connectivity index (χ2n) is 4.68. The minimum Gasteiger partial charge on any atom is -0.344 e. The fraction of sp³-hybridized carbons (Fsp3) is 0.400. The van der Waals surface area contributed by atoms with Gasteiger partial charge in [-0.3, -0.25) is 4.79 Å². The van der Waals surface area contributed by atoms with E-state index in [1.165, 1.54) is 11.1 Å². The Morgan fingerprint density at radius 1 is 1.44 bits per heavy atom. The van der Waals surface area contributed by atoms with Gasteiger partial charge in [0.25, 0.3) is 0 Å². The van der Waals surface area contributed by atoms with Gasteiger partial charge in [0.2, 0.25) is 5.91 Å². The molecule has 3 heteroatoms. The first-order chi connectivity index (χ1) is 8.70. The Kier molecular flexibility index (Phi) is 4.01. The first-order valence-corrected chi connectivity index (χ1v) is 6.24. The van der Waals surface area contributed by atoms with Crippen molar-refractivity contribution in [3.8, 4) is 12.3 Å². The van der Waals surface area contributed by atoms with Gasteiger partial charge in [0.15, 0.2) is 0 Å². The van der Waals surface area contributed by atoms with E-state index in [0.717, 1.165) is 12.8 Å². The Bertz CT molecular complexity index is 451. The van der Waals surface area contributed by atoms with Gasteiger partial charge in [-0.1, -0.05) is 30.2 Å². The lowest BCUT2D eigenvalue weighted by atomic mass is 10.1. The van der Waals surface area contributed by atoms with Crippen LogP contribution in [0, 0.1) is 12.3 Å². The number of rotatable bonds is 4. The van der Waals surface area contributed by atoms with Crippen LogP contribution in [0.4, 0.5) is 0 Å². The molecule has 0 bridgehead atoms. The van der Waals surface area contributed by atoms with Crippen molar-refractivity contribution < 1.29 is 4.79 Å². The third kappa shape index (κ3) is 2.91. The Labute approximate surface area is 108 Å². The highest BCUT2D eigenvalue weighted by atomic mass is 16.2. The number of benzene rings is 1. The van der Waals surface area contributed by atoms with Gasteiger partial charge in [0.1, 0.15) is 0 Å². The molecule has 1 amide bonds. The summed E-state index contributed by atoms with van der Waals surface area (Å²) in [5, 5.41) is 6.04. The molecule has 1 aromatic rings. The Morgan fingerprint density at radius 2 is 2.06 bits per heavy atom. The first kappa shape index (κ1) is 12.7. The molecular formula is C15H18N2O. The topological polar surface area (TPSA) is 41.1 Å². The van der Waals surface area contributed by atoms with Crippen molar-refractivity contribution in [1.29, 1.82) is 0 Å². The number of amides is 1. The van der Waals surface area contributed by atoms with Crippen LogP contribution in [0.25, 0.3) is 0 Å². The second kappa shape index (κ2) is 5.70. The molecule has 2 rings (SSSR count). The van der Waals surface area contributed by atoms with Crippen LogP contribution in [0.2, 0.25) is 0 Å². The molecule has 3 nitrogen and oxygen atoms in total. The van der Waals surface area contributed by atoms with Crippen molar-refractivity contribution in [3.63, 3.8) is 0 Å². The van der Waals surface area contributed by atoms with Gasteiger partial charge in [0, 0.05) is 6.04 Å². The molecule has 1 atom stereocenters. The fourth-order valence-electron chi connectivity index (χ4n) is 2.40. The number of terminal acetylenes is 1. The number of hydrogen-bond acceptors (Lipinski definition) is 2. The summed E-state index contributed by atoms with van der Waals surface area (Å²) in [5.41, 5.74) is 2.76. The molecule has 0 aromatic heterocycles. The predicted molar refractivity (Wildman–Crippen MR) is 72.1 cm³/mol. The molecule has 0 spiro atoms. The zero-order chi connectivity index (χ0) is 13.0. The lowest BCUT2D eigenvalue weighted by Crippen LogP contribution is -2.47. The van der Waals surface area contributed by atoms with Crippen LogP contribution < -0.4 is 10.6 Å². The molecule has 0 saturated carbocycles. The summed E-state index contributed by atoms with van der Waals surface area (Å²) in [6.07, 6.45) is 7.09. The smallest absolute Gasteiger partial charge is 0.237 e. The van der Waals surface area contributed by atoms with E-state index in [1.807, 2.05) is 6.92 Å². The standard InChI is InChI=1S/C15H18N2O/c1-3-8-16-15(18)11(2)17-14-9-12-6-4-5-7-13(12)10-14/h1,4-7,11,14,17H,8-10H2,2H3,(H,16,18). The summed E-state index contributed by atoms with van der Waals surface area (Å²) >= 11 is 0. The highest BCUT2D eigenvalue weighted by molar-refractivity contribution is 5.81. The van der Waals surface area contributed by atoms with Gasteiger partial charge >= 0.3 is 0 Å². The molecule has 1 unspecified atom stereocenters. The normalized spacial score (nSPS) is 15.8. The summed E-state index contributed by atoms with van der Waals surface area (Å²) in [4.78, 5) is 11.7. The summed E-state index contributed by atoms with van der Waals surface area (Å²) in [5.74, 6) is 2.36. The van der Waals surface area contributed by atoms with E-state index in [-0.39, 0.29) is 18.5 Å². The highest BCUT2D eigenvalue weighted by Gasteiger charge is 2.24. The van der Waals surface area contributed by atoms with E-state index >= 15 is 0 Å². The summed E-state index contributed by atoms with van der Waals surface area (Å²) in [6, 6.07) is 8.56. The Balaban J connectivity index is 1.86. The molecular weight excluding hydrogens is 224 g/mol. The lowest BCUT2D eigenvalue weighted by Gasteiger charge is -2.18. The van der Waals surface area contributed by atoms with Gasteiger partial charge in [-0.05, 0) is 30.9 Å². The van der Waals surface area contributed by atoms with E-state index in [9.17, 15) is 4.79 Å². The van der Waals surface area contributed by atoms with E-state index in [0.29, 0.717) is 6.04 Å². The van der Waals surface area contributed by atoms with E-state index in [1.54, 1.807) is 0 Å². The maximum atomic E-state index is 11.7. The van der Waals surface area contributed by atoms with Crippen LogP contribution in [0.15, 0.2) is 24.3 Å². The summed E-state index contributed by atoms with van der Waals surface area (Å²) < 4.78 is 0. The van der Waals surface area contributed by atoms with Crippen LogP contribution in [-0.2, 0) is 17.6 Å². The molecule has 0 radical (unpaired) electrons. The molecule has 0 fully saturated rings. The lowest BCUT2D eigenvalue weighted by molar-refractivity contribution is -0.122. The van der Waals surface area contributed by atoms with Crippen molar-refractivity contribution in [2.24, 2.45) is 0 Å². The number of fused-ring (bicyclic) bond motifs is 1. The quantitative estimate of drug-likeness (QED) is 0.770. The molecule has 0 aliphatic heterocycles. The van der Waals surface area contributed by atoms with Crippen molar-refractivity contribution in [2.75, 3.05) is 6.54 Å². The molecule has 2 N–H and O–H groups in total. The Morgan fingerprint density at radius 3 is 2.61 bits per heavy atom. The second-order valence-corrected chi connectivity index (χ2v) is 4.68. The molecule has 0 heterocycles. The summed E-state index contributed by atoms with van der Waals surface area (Å²) in [6.45, 7) is 2.16.